The molecule has 0 atom stereocenters. The number of carbonyl (C=O) groups is 1. The number of aromatic hydroxyl groups is 1. The second-order valence-corrected chi connectivity index (χ2v) is 5.04. The molecule has 0 saturated carbocycles. The highest BCUT2D eigenvalue weighted by atomic mass is 16.5. The number of ketones is 1. The van der Waals surface area contributed by atoms with E-state index in [2.05, 4.69) is 6.58 Å². The minimum Gasteiger partial charge on any atom is -0.496 e. The molecule has 0 spiro atoms. The van der Waals surface area contributed by atoms with Crippen molar-refractivity contribution in [2.24, 2.45) is 0 Å². The molecule has 0 fully saturated rings. The van der Waals surface area contributed by atoms with E-state index in [1.165, 1.54) is 20.1 Å². The zero-order valence-electron chi connectivity index (χ0n) is 13.4. The van der Waals surface area contributed by atoms with Crippen LogP contribution in [0.5, 0.6) is 11.6 Å². The highest BCUT2D eigenvalue weighted by Gasteiger charge is 2.26. The standard InChI is InChI=1S/C18H16N2O4/c1-4-9-20-17(22)13(10-19)11(2)15(18(20)23)16(21)12-7-5-6-8-14(12)24-3/h4-8,23H,1,9H2,2-3H3. The zero-order chi connectivity index (χ0) is 17.9. The second-order valence-electron chi connectivity index (χ2n) is 5.04. The summed E-state index contributed by atoms with van der Waals surface area (Å²) in [4.78, 5) is 25.2. The number of pyridine rings is 1. The van der Waals surface area contributed by atoms with Crippen LogP contribution in [0.2, 0.25) is 0 Å². The van der Waals surface area contributed by atoms with Crippen LogP contribution in [-0.2, 0) is 6.54 Å². The molecule has 6 nitrogen and oxygen atoms in total. The van der Waals surface area contributed by atoms with Crippen molar-refractivity contribution in [2.75, 3.05) is 7.11 Å². The van der Waals surface area contributed by atoms with Gasteiger partial charge in [-0.25, -0.2) is 0 Å². The minimum absolute atomic E-state index is 0.0220. The number of nitrogens with zero attached hydrogens (tertiary/aromatic N) is 2. The van der Waals surface area contributed by atoms with Gasteiger partial charge in [-0.1, -0.05) is 18.2 Å². The largest absolute Gasteiger partial charge is 0.496 e. The third-order valence-electron chi connectivity index (χ3n) is 3.69. The van der Waals surface area contributed by atoms with E-state index in [4.69, 9.17) is 4.74 Å². The first-order valence-electron chi connectivity index (χ1n) is 7.13. The molecule has 0 aliphatic heterocycles. The summed E-state index contributed by atoms with van der Waals surface area (Å²) in [6, 6.07) is 8.34. The van der Waals surface area contributed by atoms with Crippen LogP contribution in [0.15, 0.2) is 41.7 Å². The van der Waals surface area contributed by atoms with Gasteiger partial charge in [0.15, 0.2) is 0 Å². The van der Waals surface area contributed by atoms with Gasteiger partial charge in [0.1, 0.15) is 17.4 Å². The van der Waals surface area contributed by atoms with Gasteiger partial charge in [-0.3, -0.25) is 14.2 Å². The number of methoxy groups -OCH3 is 1. The van der Waals surface area contributed by atoms with E-state index >= 15 is 0 Å². The lowest BCUT2D eigenvalue weighted by Crippen LogP contribution is -2.26. The smallest absolute Gasteiger partial charge is 0.271 e. The molecule has 2 aromatic rings. The fraction of sp³-hybridized carbons (Fsp3) is 0.167. The SMILES string of the molecule is C=CCn1c(O)c(C(=O)c2ccccc2OC)c(C)c(C#N)c1=O. The van der Waals surface area contributed by atoms with Crippen molar-refractivity contribution in [3.05, 3.63) is 69.5 Å². The molecule has 1 aromatic heterocycles. The Balaban J connectivity index is 2.81. The van der Waals surface area contributed by atoms with E-state index in [1.807, 2.05) is 0 Å². The Labute approximate surface area is 138 Å². The average Bonchev–Trinajstić information content (AvgIpc) is 2.59. The summed E-state index contributed by atoms with van der Waals surface area (Å²) in [5.74, 6) is -0.689. The summed E-state index contributed by atoms with van der Waals surface area (Å²) in [6.07, 6.45) is 1.40. The lowest BCUT2D eigenvalue weighted by atomic mass is 9.96. The Morgan fingerprint density at radius 1 is 1.46 bits per heavy atom. The molecule has 1 aromatic carbocycles. The van der Waals surface area contributed by atoms with Crippen LogP contribution in [0.4, 0.5) is 0 Å². The van der Waals surface area contributed by atoms with Gasteiger partial charge in [-0.05, 0) is 24.6 Å². The summed E-state index contributed by atoms with van der Waals surface area (Å²) < 4.78 is 6.12. The summed E-state index contributed by atoms with van der Waals surface area (Å²) in [5.41, 5.74) is -0.586. The second kappa shape index (κ2) is 6.84. The molecule has 122 valence electrons. The number of ether oxygens (including phenoxy) is 1. The molecule has 6 heteroatoms. The summed E-state index contributed by atoms with van der Waals surface area (Å²) in [6.45, 7) is 4.95. The Bertz CT molecular complexity index is 920. The molecule has 0 aliphatic rings. The van der Waals surface area contributed by atoms with Crippen LogP contribution in [0, 0.1) is 18.3 Å². The number of hydrogen-bond donors (Lipinski definition) is 1. The van der Waals surface area contributed by atoms with Gasteiger partial charge in [0.2, 0.25) is 11.7 Å². The molecule has 0 bridgehead atoms. The van der Waals surface area contributed by atoms with Crippen molar-refractivity contribution in [2.45, 2.75) is 13.5 Å². The first kappa shape index (κ1) is 17.0. The lowest BCUT2D eigenvalue weighted by Gasteiger charge is -2.15. The molecular formula is C18H16N2O4. The monoisotopic (exact) mass is 324 g/mol. The first-order chi connectivity index (χ1) is 11.5. The maximum atomic E-state index is 12.9. The van der Waals surface area contributed by atoms with Gasteiger partial charge in [-0.15, -0.1) is 6.58 Å². The molecule has 0 saturated heterocycles. The third-order valence-corrected chi connectivity index (χ3v) is 3.69. The van der Waals surface area contributed by atoms with Gasteiger partial charge in [-0.2, -0.15) is 5.26 Å². The Morgan fingerprint density at radius 2 is 2.12 bits per heavy atom. The Kier molecular flexibility index (Phi) is 4.85. The number of hydrogen-bond acceptors (Lipinski definition) is 5. The number of aromatic nitrogens is 1. The van der Waals surface area contributed by atoms with E-state index < -0.39 is 17.2 Å². The first-order valence-corrected chi connectivity index (χ1v) is 7.13. The topological polar surface area (TPSA) is 92.3 Å². The van der Waals surface area contributed by atoms with Gasteiger partial charge in [0.25, 0.3) is 5.56 Å². The summed E-state index contributed by atoms with van der Waals surface area (Å²) in [7, 11) is 1.43. The maximum Gasteiger partial charge on any atom is 0.271 e. The van der Waals surface area contributed by atoms with E-state index in [9.17, 15) is 20.0 Å². The number of rotatable bonds is 5. The van der Waals surface area contributed by atoms with Crippen LogP contribution in [0.3, 0.4) is 0 Å². The minimum atomic E-state index is -0.663. The number of benzene rings is 1. The van der Waals surface area contributed by atoms with Crippen molar-refractivity contribution in [3.8, 4) is 17.7 Å². The fourth-order valence-electron chi connectivity index (χ4n) is 2.49. The molecule has 0 unspecified atom stereocenters. The highest BCUT2D eigenvalue weighted by molar-refractivity contribution is 6.13. The molecule has 1 heterocycles. The quantitative estimate of drug-likeness (QED) is 0.672. The Hall–Kier alpha value is -3.33. The maximum absolute atomic E-state index is 12.9. The van der Waals surface area contributed by atoms with Crippen molar-refractivity contribution >= 4 is 5.78 Å². The molecule has 1 N–H and O–H groups in total. The van der Waals surface area contributed by atoms with Gasteiger partial charge in [0.05, 0.1) is 18.2 Å². The normalized spacial score (nSPS) is 10.0. The van der Waals surface area contributed by atoms with E-state index in [0.29, 0.717) is 5.75 Å². The molecule has 24 heavy (non-hydrogen) atoms. The predicted octanol–water partition coefficient (Wildman–Crippen LogP) is 2.16. The van der Waals surface area contributed by atoms with E-state index in [0.717, 1.165) is 4.57 Å². The number of allylic oxidation sites excluding steroid dienone is 1. The van der Waals surface area contributed by atoms with Crippen molar-refractivity contribution < 1.29 is 14.6 Å². The number of para-hydroxylation sites is 1. The third kappa shape index (κ3) is 2.68. The molecule has 0 aliphatic carbocycles. The van der Waals surface area contributed by atoms with Crippen LogP contribution in [0.25, 0.3) is 0 Å². The van der Waals surface area contributed by atoms with Crippen LogP contribution in [0.1, 0.15) is 27.0 Å². The number of nitriles is 1. The van der Waals surface area contributed by atoms with E-state index in [-0.39, 0.29) is 28.8 Å². The molecule has 2 rings (SSSR count). The van der Waals surface area contributed by atoms with Gasteiger partial charge < -0.3 is 9.84 Å². The Morgan fingerprint density at radius 3 is 2.71 bits per heavy atom. The van der Waals surface area contributed by atoms with Crippen molar-refractivity contribution in [1.82, 2.24) is 4.57 Å². The molecular weight excluding hydrogens is 308 g/mol. The summed E-state index contributed by atoms with van der Waals surface area (Å²) in [5, 5.41) is 19.7. The highest BCUT2D eigenvalue weighted by Crippen LogP contribution is 2.28. The molecule has 0 radical (unpaired) electrons. The van der Waals surface area contributed by atoms with Gasteiger partial charge >= 0.3 is 0 Å². The van der Waals surface area contributed by atoms with Crippen LogP contribution < -0.4 is 10.3 Å². The van der Waals surface area contributed by atoms with Crippen LogP contribution in [-0.4, -0.2) is 22.6 Å². The average molecular weight is 324 g/mol. The van der Waals surface area contributed by atoms with E-state index in [1.54, 1.807) is 30.3 Å². The summed E-state index contributed by atoms with van der Waals surface area (Å²) >= 11 is 0. The number of carbonyl (C=O) groups excluding carboxylic acids is 1. The van der Waals surface area contributed by atoms with Crippen molar-refractivity contribution in [3.63, 3.8) is 0 Å². The fourth-order valence-corrected chi connectivity index (χ4v) is 2.49. The van der Waals surface area contributed by atoms with Crippen LogP contribution >= 0.6 is 0 Å². The lowest BCUT2D eigenvalue weighted by molar-refractivity contribution is 0.103. The predicted molar refractivity (Wildman–Crippen MR) is 88.4 cm³/mol. The zero-order valence-corrected chi connectivity index (χ0v) is 13.4. The molecule has 0 amide bonds. The van der Waals surface area contributed by atoms with Gasteiger partial charge in [0, 0.05) is 6.54 Å². The van der Waals surface area contributed by atoms with Crippen molar-refractivity contribution in [1.29, 1.82) is 5.26 Å².